The van der Waals surface area contributed by atoms with Crippen LogP contribution < -0.4 is 9.80 Å². The number of para-hydroxylation sites is 1. The Morgan fingerprint density at radius 1 is 0.917 bits per heavy atom. The van der Waals surface area contributed by atoms with Crippen LogP contribution in [0.2, 0.25) is 5.02 Å². The lowest BCUT2D eigenvalue weighted by Gasteiger charge is -2.37. The summed E-state index contributed by atoms with van der Waals surface area (Å²) in [4.78, 5) is 13.1. The van der Waals surface area contributed by atoms with E-state index in [9.17, 15) is 4.39 Å². The summed E-state index contributed by atoms with van der Waals surface area (Å²) in [5.74, 6) is 0.520. The molecule has 3 aromatic rings. The fourth-order valence-corrected chi connectivity index (χ4v) is 3.39. The second-order valence-electron chi connectivity index (χ2n) is 5.78. The largest absolute Gasteiger partial charge is 0.367 e. The summed E-state index contributed by atoms with van der Waals surface area (Å²) in [6.45, 7) is 3.27. The molecule has 0 unspecified atom stereocenters. The molecular formula is C18H16ClFN4. The predicted molar refractivity (Wildman–Crippen MR) is 95.4 cm³/mol. The van der Waals surface area contributed by atoms with E-state index in [1.807, 2.05) is 24.3 Å². The highest BCUT2D eigenvalue weighted by Gasteiger charge is 2.21. The van der Waals surface area contributed by atoms with Crippen molar-refractivity contribution in [2.45, 2.75) is 0 Å². The number of rotatable bonds is 2. The first-order chi connectivity index (χ1) is 11.7. The Labute approximate surface area is 144 Å². The summed E-state index contributed by atoms with van der Waals surface area (Å²) in [6.07, 6.45) is 1.54. The van der Waals surface area contributed by atoms with Crippen LogP contribution >= 0.6 is 11.6 Å². The monoisotopic (exact) mass is 342 g/mol. The molecule has 1 fully saturated rings. The van der Waals surface area contributed by atoms with E-state index >= 15 is 0 Å². The van der Waals surface area contributed by atoms with Crippen LogP contribution in [-0.4, -0.2) is 36.1 Å². The van der Waals surface area contributed by atoms with Crippen molar-refractivity contribution in [1.82, 2.24) is 9.97 Å². The molecule has 1 aliphatic rings. The molecule has 0 spiro atoms. The lowest BCUT2D eigenvalue weighted by molar-refractivity contribution is 0.628. The summed E-state index contributed by atoms with van der Waals surface area (Å²) in [6, 6.07) is 12.5. The number of piperazine rings is 1. The Kier molecular flexibility index (Phi) is 3.94. The van der Waals surface area contributed by atoms with Gasteiger partial charge >= 0.3 is 0 Å². The summed E-state index contributed by atoms with van der Waals surface area (Å²) >= 11 is 6.29. The zero-order valence-corrected chi connectivity index (χ0v) is 13.7. The zero-order chi connectivity index (χ0) is 16.5. The van der Waals surface area contributed by atoms with Gasteiger partial charge in [-0.25, -0.2) is 14.4 Å². The second kappa shape index (κ2) is 6.24. The van der Waals surface area contributed by atoms with E-state index in [2.05, 4.69) is 19.8 Å². The van der Waals surface area contributed by atoms with Crippen LogP contribution in [0.5, 0.6) is 0 Å². The molecule has 2 heterocycles. The van der Waals surface area contributed by atoms with Gasteiger partial charge < -0.3 is 9.80 Å². The van der Waals surface area contributed by atoms with Crippen molar-refractivity contribution >= 4 is 34.0 Å². The smallest absolute Gasteiger partial charge is 0.140 e. The van der Waals surface area contributed by atoms with E-state index in [0.29, 0.717) is 0 Å². The number of hydrogen-bond donors (Lipinski definition) is 0. The van der Waals surface area contributed by atoms with Crippen molar-refractivity contribution in [3.8, 4) is 0 Å². The molecule has 1 aromatic heterocycles. The zero-order valence-electron chi connectivity index (χ0n) is 13.0. The summed E-state index contributed by atoms with van der Waals surface area (Å²) in [5, 5.41) is 1.52. The number of nitrogens with zero attached hydrogens (tertiary/aromatic N) is 4. The fraction of sp³-hybridized carbons (Fsp3) is 0.222. The van der Waals surface area contributed by atoms with Crippen LogP contribution in [0.4, 0.5) is 15.9 Å². The minimum absolute atomic E-state index is 0.270. The molecular weight excluding hydrogens is 327 g/mol. The molecule has 24 heavy (non-hydrogen) atoms. The molecule has 1 aliphatic heterocycles. The van der Waals surface area contributed by atoms with Crippen LogP contribution in [0.3, 0.4) is 0 Å². The Bertz CT molecular complexity index is 878. The summed E-state index contributed by atoms with van der Waals surface area (Å²) in [5.41, 5.74) is 1.81. The van der Waals surface area contributed by atoms with Gasteiger partial charge in [0.25, 0.3) is 0 Å². The van der Waals surface area contributed by atoms with Gasteiger partial charge in [0.15, 0.2) is 0 Å². The van der Waals surface area contributed by atoms with E-state index in [4.69, 9.17) is 11.6 Å². The molecule has 122 valence electrons. The van der Waals surface area contributed by atoms with Crippen molar-refractivity contribution in [2.24, 2.45) is 0 Å². The van der Waals surface area contributed by atoms with Gasteiger partial charge in [0.05, 0.1) is 16.2 Å². The third-order valence-electron chi connectivity index (χ3n) is 4.35. The third-order valence-corrected chi connectivity index (χ3v) is 4.67. The molecule has 0 radical (unpaired) electrons. The van der Waals surface area contributed by atoms with E-state index in [1.165, 1.54) is 18.5 Å². The molecule has 0 bridgehead atoms. The first-order valence-corrected chi connectivity index (χ1v) is 8.25. The topological polar surface area (TPSA) is 32.3 Å². The Hall–Kier alpha value is -2.40. The standard InChI is InChI=1S/C18H16ClFN4/c19-15-3-1-2-4-17(15)23-7-9-24(10-8-23)18-14-11-13(20)5-6-16(14)21-12-22-18/h1-6,11-12H,7-10H2. The molecule has 2 aromatic carbocycles. The van der Waals surface area contributed by atoms with Crippen LogP contribution in [0.15, 0.2) is 48.8 Å². The molecule has 4 rings (SSSR count). The minimum atomic E-state index is -0.270. The van der Waals surface area contributed by atoms with Gasteiger partial charge in [-0.05, 0) is 30.3 Å². The maximum Gasteiger partial charge on any atom is 0.140 e. The number of halogens is 2. The first-order valence-electron chi connectivity index (χ1n) is 7.87. The molecule has 0 atom stereocenters. The van der Waals surface area contributed by atoms with Gasteiger partial charge in [0.1, 0.15) is 18.0 Å². The van der Waals surface area contributed by atoms with Gasteiger partial charge in [-0.2, -0.15) is 0 Å². The second-order valence-corrected chi connectivity index (χ2v) is 6.19. The number of aromatic nitrogens is 2. The third kappa shape index (κ3) is 2.76. The summed E-state index contributed by atoms with van der Waals surface area (Å²) < 4.78 is 13.6. The molecule has 1 saturated heterocycles. The van der Waals surface area contributed by atoms with Gasteiger partial charge in [-0.3, -0.25) is 0 Å². The Balaban J connectivity index is 1.58. The normalized spacial score (nSPS) is 15.1. The quantitative estimate of drug-likeness (QED) is 0.710. The summed E-state index contributed by atoms with van der Waals surface area (Å²) in [7, 11) is 0. The van der Waals surface area contributed by atoms with Crippen molar-refractivity contribution < 1.29 is 4.39 Å². The SMILES string of the molecule is Fc1ccc2ncnc(N3CCN(c4ccccc4Cl)CC3)c2c1. The first kappa shape index (κ1) is 15.1. The number of benzene rings is 2. The van der Waals surface area contributed by atoms with Crippen molar-refractivity contribution in [2.75, 3.05) is 36.0 Å². The van der Waals surface area contributed by atoms with E-state index in [0.717, 1.165) is 53.6 Å². The van der Waals surface area contributed by atoms with E-state index in [-0.39, 0.29) is 5.82 Å². The maximum atomic E-state index is 13.6. The van der Waals surface area contributed by atoms with Gasteiger partial charge in [-0.15, -0.1) is 0 Å². The van der Waals surface area contributed by atoms with Crippen molar-refractivity contribution in [3.05, 3.63) is 59.6 Å². The lowest BCUT2D eigenvalue weighted by atomic mass is 10.2. The molecule has 0 N–H and O–H groups in total. The van der Waals surface area contributed by atoms with Gasteiger partial charge in [0.2, 0.25) is 0 Å². The molecule has 0 amide bonds. The fourth-order valence-electron chi connectivity index (χ4n) is 3.13. The number of hydrogen-bond acceptors (Lipinski definition) is 4. The Morgan fingerprint density at radius 2 is 1.67 bits per heavy atom. The van der Waals surface area contributed by atoms with Crippen LogP contribution in [0.1, 0.15) is 0 Å². The van der Waals surface area contributed by atoms with Gasteiger partial charge in [0, 0.05) is 31.6 Å². The van der Waals surface area contributed by atoms with Crippen LogP contribution in [-0.2, 0) is 0 Å². The highest BCUT2D eigenvalue weighted by atomic mass is 35.5. The van der Waals surface area contributed by atoms with E-state index < -0.39 is 0 Å². The molecule has 0 saturated carbocycles. The van der Waals surface area contributed by atoms with Crippen LogP contribution in [0, 0.1) is 5.82 Å². The van der Waals surface area contributed by atoms with Crippen molar-refractivity contribution in [1.29, 1.82) is 0 Å². The maximum absolute atomic E-state index is 13.6. The number of fused-ring (bicyclic) bond motifs is 1. The lowest BCUT2D eigenvalue weighted by Crippen LogP contribution is -2.47. The average Bonchev–Trinajstić information content (AvgIpc) is 2.62. The van der Waals surface area contributed by atoms with Gasteiger partial charge in [-0.1, -0.05) is 23.7 Å². The predicted octanol–water partition coefficient (Wildman–Crippen LogP) is 3.75. The molecule has 6 heteroatoms. The molecule has 4 nitrogen and oxygen atoms in total. The number of anilines is 2. The molecule has 0 aliphatic carbocycles. The highest BCUT2D eigenvalue weighted by Crippen LogP contribution is 2.28. The highest BCUT2D eigenvalue weighted by molar-refractivity contribution is 6.33. The van der Waals surface area contributed by atoms with Crippen LogP contribution in [0.25, 0.3) is 10.9 Å². The Morgan fingerprint density at radius 3 is 2.46 bits per heavy atom. The minimum Gasteiger partial charge on any atom is -0.367 e. The average molecular weight is 343 g/mol. The van der Waals surface area contributed by atoms with Crippen molar-refractivity contribution in [3.63, 3.8) is 0 Å². The van der Waals surface area contributed by atoms with E-state index in [1.54, 1.807) is 6.07 Å².